The Bertz CT molecular complexity index is 1340. The van der Waals surface area contributed by atoms with Gasteiger partial charge in [0.1, 0.15) is 5.82 Å². The molecule has 8 heteroatoms. The highest BCUT2D eigenvalue weighted by atomic mass is 19.1. The van der Waals surface area contributed by atoms with E-state index in [0.29, 0.717) is 22.3 Å². The number of aromatic nitrogens is 2. The van der Waals surface area contributed by atoms with Gasteiger partial charge in [-0.25, -0.2) is 9.37 Å². The van der Waals surface area contributed by atoms with Gasteiger partial charge in [0.05, 0.1) is 22.3 Å². The molecule has 7 nitrogen and oxygen atoms in total. The Balaban J connectivity index is 1.45. The van der Waals surface area contributed by atoms with Crippen LogP contribution < -0.4 is 10.6 Å². The highest BCUT2D eigenvalue weighted by molar-refractivity contribution is 6.13. The fourth-order valence-corrected chi connectivity index (χ4v) is 3.48. The van der Waals surface area contributed by atoms with Crippen LogP contribution in [-0.4, -0.2) is 28.0 Å². The molecule has 2 aromatic heterocycles. The van der Waals surface area contributed by atoms with E-state index in [1.165, 1.54) is 12.1 Å². The first kappa shape index (κ1) is 19.9. The maximum absolute atomic E-state index is 14.3. The molecule has 1 fully saturated rings. The van der Waals surface area contributed by atoms with Gasteiger partial charge in [0.2, 0.25) is 0 Å². The standard InChI is InChI=1S/C24H19FN4O3/c1-13-21-18(12-20(28-24(21)32-29-13)17-4-2-3-5-19(17)25)23(31)27-15-8-6-14(7-9-15)22(30)26-16-10-11-16/h2-9,12,16H,10-11H2,1H3,(H,26,30)(H,27,31). The molecule has 2 heterocycles. The molecule has 1 aliphatic carbocycles. The zero-order chi connectivity index (χ0) is 22.2. The first-order valence-corrected chi connectivity index (χ1v) is 10.2. The molecule has 0 radical (unpaired) electrons. The number of nitrogens with zero attached hydrogens (tertiary/aromatic N) is 2. The molecule has 1 aliphatic rings. The highest BCUT2D eigenvalue weighted by Crippen LogP contribution is 2.29. The first-order chi connectivity index (χ1) is 15.5. The normalized spacial score (nSPS) is 13.2. The number of anilines is 1. The Labute approximate surface area is 182 Å². The quantitative estimate of drug-likeness (QED) is 0.487. The van der Waals surface area contributed by atoms with Crippen LogP contribution in [0.1, 0.15) is 39.3 Å². The fourth-order valence-electron chi connectivity index (χ4n) is 3.48. The zero-order valence-corrected chi connectivity index (χ0v) is 17.2. The van der Waals surface area contributed by atoms with E-state index in [1.54, 1.807) is 49.4 Å². The van der Waals surface area contributed by atoms with E-state index in [1.807, 2.05) is 0 Å². The smallest absolute Gasteiger partial charge is 0.259 e. The molecular formula is C24H19FN4O3. The van der Waals surface area contributed by atoms with Gasteiger partial charge in [0.15, 0.2) is 0 Å². The number of pyridine rings is 1. The topological polar surface area (TPSA) is 97.1 Å². The second-order valence-corrected chi connectivity index (χ2v) is 7.76. The summed E-state index contributed by atoms with van der Waals surface area (Å²) >= 11 is 0. The molecule has 0 unspecified atom stereocenters. The number of aryl methyl sites for hydroxylation is 1. The van der Waals surface area contributed by atoms with Crippen molar-refractivity contribution in [2.75, 3.05) is 5.32 Å². The lowest BCUT2D eigenvalue weighted by atomic mass is 10.0. The number of carbonyl (C=O) groups is 2. The van der Waals surface area contributed by atoms with Crippen molar-refractivity contribution >= 4 is 28.6 Å². The number of hydrogen-bond acceptors (Lipinski definition) is 5. The first-order valence-electron chi connectivity index (χ1n) is 10.2. The number of nitrogens with one attached hydrogen (secondary N) is 2. The van der Waals surface area contributed by atoms with Crippen LogP contribution in [0.4, 0.5) is 10.1 Å². The Morgan fingerprint density at radius 1 is 1.06 bits per heavy atom. The molecule has 2 aromatic carbocycles. The van der Waals surface area contributed by atoms with Gasteiger partial charge >= 0.3 is 0 Å². The highest BCUT2D eigenvalue weighted by Gasteiger charge is 2.24. The van der Waals surface area contributed by atoms with Gasteiger partial charge in [-0.1, -0.05) is 17.3 Å². The van der Waals surface area contributed by atoms with E-state index >= 15 is 0 Å². The van der Waals surface area contributed by atoms with Crippen LogP contribution in [0.3, 0.4) is 0 Å². The van der Waals surface area contributed by atoms with Crippen molar-refractivity contribution < 1.29 is 18.5 Å². The van der Waals surface area contributed by atoms with Crippen LogP contribution in [0.5, 0.6) is 0 Å². The summed E-state index contributed by atoms with van der Waals surface area (Å²) in [6, 6.07) is 14.6. The average Bonchev–Trinajstić information content (AvgIpc) is 3.53. The van der Waals surface area contributed by atoms with Gasteiger partial charge in [-0.2, -0.15) is 0 Å². The molecule has 0 saturated heterocycles. The lowest BCUT2D eigenvalue weighted by molar-refractivity contribution is 0.0950. The summed E-state index contributed by atoms with van der Waals surface area (Å²) < 4.78 is 19.6. The summed E-state index contributed by atoms with van der Waals surface area (Å²) in [6.45, 7) is 1.71. The number of hydrogen-bond donors (Lipinski definition) is 2. The molecule has 0 spiro atoms. The maximum Gasteiger partial charge on any atom is 0.259 e. The summed E-state index contributed by atoms with van der Waals surface area (Å²) in [5.74, 6) is -1.01. The molecule has 4 aromatic rings. The van der Waals surface area contributed by atoms with Crippen LogP contribution >= 0.6 is 0 Å². The Morgan fingerprint density at radius 3 is 2.53 bits per heavy atom. The maximum atomic E-state index is 14.3. The van der Waals surface area contributed by atoms with E-state index in [-0.39, 0.29) is 34.5 Å². The van der Waals surface area contributed by atoms with Crippen LogP contribution in [0.2, 0.25) is 0 Å². The van der Waals surface area contributed by atoms with E-state index in [4.69, 9.17) is 4.52 Å². The molecule has 32 heavy (non-hydrogen) atoms. The largest absolute Gasteiger partial charge is 0.349 e. The van der Waals surface area contributed by atoms with Crippen LogP contribution in [0.25, 0.3) is 22.4 Å². The number of halogens is 1. The predicted octanol–water partition coefficient (Wildman–Crippen LogP) is 4.48. The van der Waals surface area contributed by atoms with Crippen molar-refractivity contribution in [3.05, 3.63) is 77.2 Å². The SMILES string of the molecule is Cc1noc2nc(-c3ccccc3F)cc(C(=O)Nc3ccc(C(=O)NC4CC4)cc3)c12. The number of fused-ring (bicyclic) bond motifs is 1. The van der Waals surface area contributed by atoms with E-state index in [2.05, 4.69) is 20.8 Å². The molecule has 160 valence electrons. The number of amides is 2. The average molecular weight is 430 g/mol. The van der Waals surface area contributed by atoms with Crippen LogP contribution in [0, 0.1) is 12.7 Å². The number of carbonyl (C=O) groups excluding carboxylic acids is 2. The molecule has 0 atom stereocenters. The molecule has 2 N–H and O–H groups in total. The van der Waals surface area contributed by atoms with Gasteiger partial charge in [0, 0.05) is 22.9 Å². The van der Waals surface area contributed by atoms with Gasteiger partial charge < -0.3 is 15.2 Å². The van der Waals surface area contributed by atoms with Crippen molar-refractivity contribution in [1.82, 2.24) is 15.5 Å². The Kier molecular flexibility index (Phi) is 4.89. The van der Waals surface area contributed by atoms with Crippen molar-refractivity contribution in [2.45, 2.75) is 25.8 Å². The Morgan fingerprint density at radius 2 is 1.81 bits per heavy atom. The fraction of sp³-hybridized carbons (Fsp3) is 0.167. The molecular weight excluding hydrogens is 411 g/mol. The summed E-state index contributed by atoms with van der Waals surface area (Å²) in [7, 11) is 0. The second kappa shape index (κ2) is 7.88. The van der Waals surface area contributed by atoms with Gasteiger partial charge in [0.25, 0.3) is 17.5 Å². The molecule has 2 amide bonds. The van der Waals surface area contributed by atoms with E-state index in [9.17, 15) is 14.0 Å². The third kappa shape index (κ3) is 3.82. The lowest BCUT2D eigenvalue weighted by Crippen LogP contribution is -2.25. The third-order valence-corrected chi connectivity index (χ3v) is 5.33. The van der Waals surface area contributed by atoms with E-state index in [0.717, 1.165) is 12.8 Å². The van der Waals surface area contributed by atoms with Crippen LogP contribution in [-0.2, 0) is 0 Å². The predicted molar refractivity (Wildman–Crippen MR) is 117 cm³/mol. The summed E-state index contributed by atoms with van der Waals surface area (Å²) in [5.41, 5.74) is 2.49. The molecule has 0 aliphatic heterocycles. The minimum Gasteiger partial charge on any atom is -0.349 e. The minimum absolute atomic E-state index is 0.129. The minimum atomic E-state index is -0.456. The van der Waals surface area contributed by atoms with E-state index < -0.39 is 11.7 Å². The summed E-state index contributed by atoms with van der Waals surface area (Å²) in [5, 5.41) is 10.1. The molecule has 1 saturated carbocycles. The van der Waals surface area contributed by atoms with Crippen molar-refractivity contribution in [1.29, 1.82) is 0 Å². The lowest BCUT2D eigenvalue weighted by Gasteiger charge is -2.10. The Hall–Kier alpha value is -4.07. The van der Waals surface area contributed by atoms with Crippen molar-refractivity contribution in [2.24, 2.45) is 0 Å². The monoisotopic (exact) mass is 430 g/mol. The van der Waals surface area contributed by atoms with Crippen LogP contribution in [0.15, 0.2) is 59.1 Å². The van der Waals surface area contributed by atoms with Gasteiger partial charge in [-0.15, -0.1) is 0 Å². The van der Waals surface area contributed by atoms with Crippen molar-refractivity contribution in [3.8, 4) is 11.3 Å². The number of benzene rings is 2. The third-order valence-electron chi connectivity index (χ3n) is 5.33. The zero-order valence-electron chi connectivity index (χ0n) is 17.2. The molecule has 0 bridgehead atoms. The van der Waals surface area contributed by atoms with Crippen molar-refractivity contribution in [3.63, 3.8) is 0 Å². The summed E-state index contributed by atoms with van der Waals surface area (Å²) in [4.78, 5) is 29.6. The van der Waals surface area contributed by atoms with Gasteiger partial charge in [-0.3, -0.25) is 9.59 Å². The van der Waals surface area contributed by atoms with Gasteiger partial charge in [-0.05, 0) is 62.2 Å². The summed E-state index contributed by atoms with van der Waals surface area (Å²) in [6.07, 6.45) is 2.02. The second-order valence-electron chi connectivity index (χ2n) is 7.76. The molecule has 5 rings (SSSR count). The number of rotatable bonds is 5.